The van der Waals surface area contributed by atoms with Crippen LogP contribution < -0.4 is 11.5 Å². The van der Waals surface area contributed by atoms with E-state index in [4.69, 9.17) is 11.5 Å². The molecule has 0 bridgehead atoms. The molecule has 1 rings (SSSR count). The molecule has 0 fully saturated rings. The molecule has 0 aliphatic rings. The molecular formula is C4H5N3OS. The van der Waals surface area contributed by atoms with Gasteiger partial charge in [0.05, 0.1) is 0 Å². The maximum absolute atomic E-state index is 10.3. The predicted octanol–water partition coefficient (Wildman–Crippen LogP) is -0.176. The van der Waals surface area contributed by atoms with Crippen LogP contribution in [-0.4, -0.2) is 10.9 Å². The number of anilines is 1. The van der Waals surface area contributed by atoms with Gasteiger partial charge in [-0.1, -0.05) is 0 Å². The number of aromatic nitrogens is 1. The first-order chi connectivity index (χ1) is 4.20. The molecule has 0 aliphatic heterocycles. The molecule has 1 amide bonds. The number of carbonyl (C=O) groups excluding carboxylic acids is 1. The van der Waals surface area contributed by atoms with E-state index in [0.29, 0.717) is 5.82 Å². The van der Waals surface area contributed by atoms with Crippen molar-refractivity contribution in [2.45, 2.75) is 0 Å². The van der Waals surface area contributed by atoms with Crippen LogP contribution in [0.4, 0.5) is 5.82 Å². The fourth-order valence-electron chi connectivity index (χ4n) is 0.399. The van der Waals surface area contributed by atoms with Crippen LogP contribution in [0.1, 0.15) is 9.80 Å². The second-order valence-electron chi connectivity index (χ2n) is 1.44. The highest BCUT2D eigenvalue weighted by atomic mass is 32.1. The first-order valence-corrected chi connectivity index (χ1v) is 3.09. The number of nitrogens with zero attached hydrogens (tertiary/aromatic N) is 1. The van der Waals surface area contributed by atoms with Crippen LogP contribution in [0.15, 0.2) is 5.38 Å². The van der Waals surface area contributed by atoms with Crippen molar-refractivity contribution in [3.05, 3.63) is 10.4 Å². The minimum absolute atomic E-state index is 0.257. The average Bonchev–Trinajstić information content (AvgIpc) is 2.14. The normalized spacial score (nSPS) is 9.33. The van der Waals surface area contributed by atoms with E-state index in [1.807, 2.05) is 0 Å². The molecule has 0 saturated carbocycles. The summed E-state index contributed by atoms with van der Waals surface area (Å²) in [5.74, 6) is -0.189. The van der Waals surface area contributed by atoms with Crippen LogP contribution in [0, 0.1) is 0 Å². The molecule has 0 radical (unpaired) electrons. The van der Waals surface area contributed by atoms with Gasteiger partial charge in [0.25, 0.3) is 5.91 Å². The predicted molar refractivity (Wildman–Crippen MR) is 35.0 cm³/mol. The summed E-state index contributed by atoms with van der Waals surface area (Å²) in [6.07, 6.45) is 0. The first-order valence-electron chi connectivity index (χ1n) is 2.21. The molecule has 0 unspecified atom stereocenters. The quantitative estimate of drug-likeness (QED) is 0.572. The van der Waals surface area contributed by atoms with Gasteiger partial charge in [0.1, 0.15) is 5.82 Å². The second-order valence-corrected chi connectivity index (χ2v) is 2.30. The van der Waals surface area contributed by atoms with Crippen LogP contribution >= 0.6 is 11.3 Å². The fraction of sp³-hybridized carbons (Fsp3) is 0. The van der Waals surface area contributed by atoms with Gasteiger partial charge >= 0.3 is 0 Å². The van der Waals surface area contributed by atoms with Crippen LogP contribution in [0.3, 0.4) is 0 Å². The van der Waals surface area contributed by atoms with E-state index < -0.39 is 5.91 Å². The Morgan fingerprint density at radius 2 is 2.44 bits per heavy atom. The van der Waals surface area contributed by atoms with Crippen molar-refractivity contribution in [3.63, 3.8) is 0 Å². The Hall–Kier alpha value is -1.10. The highest BCUT2D eigenvalue weighted by molar-refractivity contribution is 7.12. The summed E-state index contributed by atoms with van der Waals surface area (Å²) in [6, 6.07) is 0. The van der Waals surface area contributed by atoms with Gasteiger partial charge in [0.15, 0.2) is 5.01 Å². The third-order valence-electron chi connectivity index (χ3n) is 0.733. The molecule has 1 aromatic heterocycles. The van der Waals surface area contributed by atoms with Gasteiger partial charge in [-0.25, -0.2) is 4.98 Å². The zero-order valence-electron chi connectivity index (χ0n) is 4.50. The van der Waals surface area contributed by atoms with Gasteiger partial charge in [0, 0.05) is 5.38 Å². The minimum atomic E-state index is -0.531. The number of primary amides is 1. The van der Waals surface area contributed by atoms with Crippen molar-refractivity contribution in [2.75, 3.05) is 5.73 Å². The third kappa shape index (κ3) is 1.17. The van der Waals surface area contributed by atoms with Crippen molar-refractivity contribution >= 4 is 23.1 Å². The molecular weight excluding hydrogens is 138 g/mol. The summed E-state index contributed by atoms with van der Waals surface area (Å²) >= 11 is 1.15. The van der Waals surface area contributed by atoms with E-state index in [9.17, 15) is 4.79 Å². The molecule has 5 heteroatoms. The Bertz CT molecular complexity index is 231. The number of nitrogens with two attached hydrogens (primary N) is 2. The molecule has 48 valence electrons. The lowest BCUT2D eigenvalue weighted by Gasteiger charge is -1.80. The van der Waals surface area contributed by atoms with E-state index >= 15 is 0 Å². The van der Waals surface area contributed by atoms with Crippen molar-refractivity contribution in [2.24, 2.45) is 5.73 Å². The number of hydrogen-bond donors (Lipinski definition) is 2. The average molecular weight is 143 g/mol. The van der Waals surface area contributed by atoms with E-state index in [0.717, 1.165) is 11.3 Å². The molecule has 4 nitrogen and oxygen atoms in total. The Morgan fingerprint density at radius 1 is 1.78 bits per heavy atom. The third-order valence-corrected chi connectivity index (χ3v) is 1.61. The van der Waals surface area contributed by atoms with Crippen LogP contribution in [0.5, 0.6) is 0 Å². The Kier molecular flexibility index (Phi) is 1.35. The summed E-state index contributed by atoms with van der Waals surface area (Å²) in [5, 5.41) is 1.83. The van der Waals surface area contributed by atoms with Gasteiger partial charge in [-0.3, -0.25) is 4.79 Å². The SMILES string of the molecule is NC(=O)c1nc(N)cs1. The number of thiazole rings is 1. The zero-order chi connectivity index (χ0) is 6.85. The summed E-state index contributed by atoms with van der Waals surface area (Å²) in [6.45, 7) is 0. The topological polar surface area (TPSA) is 82.0 Å². The van der Waals surface area contributed by atoms with Crippen molar-refractivity contribution in [1.29, 1.82) is 0 Å². The molecule has 1 heterocycles. The standard InChI is InChI=1S/C4H5N3OS/c5-2-1-9-4(7-2)3(6)8/h1H,5H2,(H2,6,8). The lowest BCUT2D eigenvalue weighted by Crippen LogP contribution is -2.10. The van der Waals surface area contributed by atoms with Gasteiger partial charge in [-0.05, 0) is 0 Å². The summed E-state index contributed by atoms with van der Waals surface area (Å²) in [7, 11) is 0. The van der Waals surface area contributed by atoms with Crippen molar-refractivity contribution in [3.8, 4) is 0 Å². The first kappa shape index (κ1) is 6.03. The Morgan fingerprint density at radius 3 is 2.67 bits per heavy atom. The van der Waals surface area contributed by atoms with E-state index in [1.54, 1.807) is 5.38 Å². The van der Waals surface area contributed by atoms with E-state index in [1.165, 1.54) is 0 Å². The van der Waals surface area contributed by atoms with Gasteiger partial charge in [-0.15, -0.1) is 11.3 Å². The highest BCUT2D eigenvalue weighted by Gasteiger charge is 2.02. The lowest BCUT2D eigenvalue weighted by atomic mass is 10.7. The largest absolute Gasteiger partial charge is 0.383 e. The monoisotopic (exact) mass is 143 g/mol. The van der Waals surface area contributed by atoms with Crippen LogP contribution in [-0.2, 0) is 0 Å². The van der Waals surface area contributed by atoms with Crippen LogP contribution in [0.2, 0.25) is 0 Å². The van der Waals surface area contributed by atoms with Gasteiger partial charge in [-0.2, -0.15) is 0 Å². The van der Waals surface area contributed by atoms with Crippen LogP contribution in [0.25, 0.3) is 0 Å². The van der Waals surface area contributed by atoms with Crippen molar-refractivity contribution in [1.82, 2.24) is 4.98 Å². The molecule has 1 aromatic rings. The molecule has 0 saturated heterocycles. The number of amides is 1. The highest BCUT2D eigenvalue weighted by Crippen LogP contribution is 2.08. The second kappa shape index (κ2) is 2.02. The molecule has 0 aliphatic carbocycles. The zero-order valence-corrected chi connectivity index (χ0v) is 5.31. The molecule has 0 atom stereocenters. The van der Waals surface area contributed by atoms with E-state index in [2.05, 4.69) is 4.98 Å². The van der Waals surface area contributed by atoms with E-state index in [-0.39, 0.29) is 5.01 Å². The Labute approximate surface area is 55.5 Å². The maximum atomic E-state index is 10.3. The summed E-state index contributed by atoms with van der Waals surface area (Å²) in [4.78, 5) is 14.0. The number of hydrogen-bond acceptors (Lipinski definition) is 4. The number of nitrogen functional groups attached to an aromatic ring is 1. The molecule has 9 heavy (non-hydrogen) atoms. The Balaban J connectivity index is 2.98. The molecule has 0 spiro atoms. The van der Waals surface area contributed by atoms with Gasteiger partial charge < -0.3 is 11.5 Å². The molecule has 4 N–H and O–H groups in total. The van der Waals surface area contributed by atoms with Crippen molar-refractivity contribution < 1.29 is 4.79 Å². The minimum Gasteiger partial charge on any atom is -0.383 e. The maximum Gasteiger partial charge on any atom is 0.277 e. The summed E-state index contributed by atoms with van der Waals surface area (Å²) in [5.41, 5.74) is 10.1. The molecule has 0 aromatic carbocycles. The summed E-state index contributed by atoms with van der Waals surface area (Å²) < 4.78 is 0. The van der Waals surface area contributed by atoms with Gasteiger partial charge in [0.2, 0.25) is 0 Å². The number of rotatable bonds is 1. The number of carbonyl (C=O) groups is 1. The smallest absolute Gasteiger partial charge is 0.277 e. The fourth-order valence-corrected chi connectivity index (χ4v) is 0.959. The lowest BCUT2D eigenvalue weighted by molar-refractivity contribution is 0.1000.